The number of hydrogen-bond acceptors (Lipinski definition) is 6. The van der Waals surface area contributed by atoms with Crippen molar-refractivity contribution in [2.45, 2.75) is 51.9 Å². The van der Waals surface area contributed by atoms with Gasteiger partial charge in [0.1, 0.15) is 0 Å². The third-order valence-electron chi connectivity index (χ3n) is 5.00. The Hall–Kier alpha value is -3.16. The van der Waals surface area contributed by atoms with Gasteiger partial charge in [-0.2, -0.15) is 0 Å². The molecular formula is C21H26N2O6. The van der Waals surface area contributed by atoms with Gasteiger partial charge >= 0.3 is 11.9 Å². The van der Waals surface area contributed by atoms with E-state index in [4.69, 9.17) is 4.74 Å². The second-order valence-corrected chi connectivity index (χ2v) is 6.94. The second-order valence-electron chi connectivity index (χ2n) is 6.94. The molecule has 29 heavy (non-hydrogen) atoms. The number of rotatable bonds is 9. The van der Waals surface area contributed by atoms with Crippen molar-refractivity contribution < 1.29 is 24.4 Å². The number of non-ortho nitro benzene ring substituents is 1. The number of aliphatic carboxylic acids is 1. The van der Waals surface area contributed by atoms with Crippen LogP contribution in [0, 0.1) is 10.1 Å². The number of carbonyl (C=O) groups excluding carboxylic acids is 1. The summed E-state index contributed by atoms with van der Waals surface area (Å²) in [6, 6.07) is 5.59. The van der Waals surface area contributed by atoms with Crippen LogP contribution < -0.4 is 5.32 Å². The summed E-state index contributed by atoms with van der Waals surface area (Å²) in [5.41, 5.74) is 1.72. The van der Waals surface area contributed by atoms with Gasteiger partial charge in [0.15, 0.2) is 0 Å². The third kappa shape index (κ3) is 5.01. The van der Waals surface area contributed by atoms with Crippen LogP contribution in [0.2, 0.25) is 0 Å². The second kappa shape index (κ2) is 9.86. The molecule has 8 nitrogen and oxygen atoms in total. The van der Waals surface area contributed by atoms with Crippen LogP contribution in [0.3, 0.4) is 0 Å². The lowest BCUT2D eigenvalue weighted by Gasteiger charge is -2.30. The molecule has 2 N–H and O–H groups in total. The average molecular weight is 402 g/mol. The van der Waals surface area contributed by atoms with Gasteiger partial charge in [-0.15, -0.1) is 0 Å². The normalized spacial score (nSPS) is 16.4. The number of carboxylic acids is 1. The predicted molar refractivity (Wildman–Crippen MR) is 107 cm³/mol. The van der Waals surface area contributed by atoms with E-state index < -0.39 is 22.8 Å². The molecule has 1 aromatic carbocycles. The molecule has 0 aromatic heterocycles. The molecule has 0 spiro atoms. The number of nitro groups is 1. The lowest BCUT2D eigenvalue weighted by molar-refractivity contribution is -0.384. The maximum atomic E-state index is 12.5. The third-order valence-corrected chi connectivity index (χ3v) is 5.00. The molecule has 0 bridgehead atoms. The highest BCUT2D eigenvalue weighted by Gasteiger charge is 2.37. The lowest BCUT2D eigenvalue weighted by Crippen LogP contribution is -2.32. The Morgan fingerprint density at radius 3 is 2.34 bits per heavy atom. The summed E-state index contributed by atoms with van der Waals surface area (Å²) in [5.74, 6) is -2.65. The molecule has 1 unspecified atom stereocenters. The first-order valence-electron chi connectivity index (χ1n) is 9.58. The molecule has 1 aromatic rings. The van der Waals surface area contributed by atoms with Gasteiger partial charge in [-0.3, -0.25) is 10.1 Å². The molecule has 0 amide bonds. The number of nitrogens with zero attached hydrogens (tertiary/aromatic N) is 1. The summed E-state index contributed by atoms with van der Waals surface area (Å²) in [4.78, 5) is 35.1. The molecule has 0 aliphatic carbocycles. The van der Waals surface area contributed by atoms with Crippen LogP contribution in [-0.2, 0) is 14.3 Å². The van der Waals surface area contributed by atoms with E-state index in [0.29, 0.717) is 23.4 Å². The molecule has 1 aliphatic heterocycles. The van der Waals surface area contributed by atoms with Gasteiger partial charge in [0.05, 0.1) is 29.1 Å². The number of hydrogen-bond donors (Lipinski definition) is 2. The molecule has 1 atom stereocenters. The number of ether oxygens (including phenoxy) is 1. The van der Waals surface area contributed by atoms with Gasteiger partial charge in [-0.1, -0.05) is 38.3 Å². The molecule has 156 valence electrons. The lowest BCUT2D eigenvalue weighted by atomic mass is 9.79. The van der Waals surface area contributed by atoms with Gasteiger partial charge in [-0.05, 0) is 25.3 Å². The van der Waals surface area contributed by atoms with Gasteiger partial charge < -0.3 is 15.2 Å². The number of nitrogens with one attached hydrogen (secondary N) is 1. The molecule has 1 aliphatic rings. The molecule has 8 heteroatoms. The number of carbonyl (C=O) groups is 2. The van der Waals surface area contributed by atoms with E-state index in [1.165, 1.54) is 31.4 Å². The van der Waals surface area contributed by atoms with E-state index in [2.05, 4.69) is 12.2 Å². The van der Waals surface area contributed by atoms with Crippen LogP contribution in [0.1, 0.15) is 57.4 Å². The average Bonchev–Trinajstić information content (AvgIpc) is 2.69. The molecular weight excluding hydrogens is 376 g/mol. The molecule has 0 radical (unpaired) electrons. The number of nitro benzene ring substituents is 1. The topological polar surface area (TPSA) is 119 Å². The number of benzene rings is 1. The first-order valence-corrected chi connectivity index (χ1v) is 9.58. The van der Waals surface area contributed by atoms with Crippen molar-refractivity contribution in [2.24, 2.45) is 0 Å². The van der Waals surface area contributed by atoms with Crippen LogP contribution in [0.25, 0.3) is 0 Å². The summed E-state index contributed by atoms with van der Waals surface area (Å²) >= 11 is 0. The van der Waals surface area contributed by atoms with Crippen LogP contribution in [0.15, 0.2) is 46.8 Å². The minimum absolute atomic E-state index is 0.0707. The van der Waals surface area contributed by atoms with E-state index in [1.54, 1.807) is 6.92 Å². The van der Waals surface area contributed by atoms with Crippen LogP contribution in [0.5, 0.6) is 0 Å². The van der Waals surface area contributed by atoms with Gasteiger partial charge in [0.2, 0.25) is 0 Å². The minimum atomic E-state index is -1.14. The molecule has 2 rings (SSSR count). The van der Waals surface area contributed by atoms with Crippen molar-refractivity contribution in [1.29, 1.82) is 0 Å². The standard InChI is InChI=1S/C21H26N2O6/c1-4-5-6-7-8-16-19(20(24)25)18(17(13(2)22-16)21(26)29-3)14-9-11-15(12-10-14)23(27)28/h9-12,18,22H,4-8H2,1-3H3,(H,24,25). The van der Waals surface area contributed by atoms with Crippen molar-refractivity contribution in [3.8, 4) is 0 Å². The highest BCUT2D eigenvalue weighted by molar-refractivity contribution is 5.99. The Morgan fingerprint density at radius 2 is 1.83 bits per heavy atom. The van der Waals surface area contributed by atoms with Crippen molar-refractivity contribution in [1.82, 2.24) is 5.32 Å². The van der Waals surface area contributed by atoms with Gasteiger partial charge in [0.25, 0.3) is 5.69 Å². The van der Waals surface area contributed by atoms with Crippen LogP contribution in [-0.4, -0.2) is 29.1 Å². The Morgan fingerprint density at radius 1 is 1.17 bits per heavy atom. The largest absolute Gasteiger partial charge is 0.478 e. The van der Waals surface area contributed by atoms with Crippen molar-refractivity contribution in [3.63, 3.8) is 0 Å². The monoisotopic (exact) mass is 402 g/mol. The fraction of sp³-hybridized carbons (Fsp3) is 0.429. The summed E-state index contributed by atoms with van der Waals surface area (Å²) < 4.78 is 4.89. The Bertz CT molecular complexity index is 854. The van der Waals surface area contributed by atoms with Crippen molar-refractivity contribution in [2.75, 3.05) is 7.11 Å². The summed E-state index contributed by atoms with van der Waals surface area (Å²) in [6.07, 6.45) is 4.46. The number of esters is 1. The minimum Gasteiger partial charge on any atom is -0.478 e. The highest BCUT2D eigenvalue weighted by Crippen LogP contribution is 2.40. The molecule has 1 heterocycles. The van der Waals surface area contributed by atoms with Crippen molar-refractivity contribution >= 4 is 17.6 Å². The number of methoxy groups -OCH3 is 1. The zero-order chi connectivity index (χ0) is 21.6. The fourth-order valence-corrected chi connectivity index (χ4v) is 3.58. The number of dihydropyridines is 1. The quantitative estimate of drug-likeness (QED) is 0.277. The zero-order valence-electron chi connectivity index (χ0n) is 16.9. The van der Waals surface area contributed by atoms with E-state index in [1.807, 2.05) is 0 Å². The number of unbranched alkanes of at least 4 members (excludes halogenated alkanes) is 3. The highest BCUT2D eigenvalue weighted by atomic mass is 16.6. The zero-order valence-corrected chi connectivity index (χ0v) is 16.9. The first kappa shape index (κ1) is 22.1. The Labute approximate surface area is 169 Å². The fourth-order valence-electron chi connectivity index (χ4n) is 3.58. The van der Waals surface area contributed by atoms with Crippen LogP contribution in [0.4, 0.5) is 5.69 Å². The van der Waals surface area contributed by atoms with E-state index in [-0.39, 0.29) is 16.8 Å². The number of carboxylic acid groups (broad SMARTS) is 1. The van der Waals surface area contributed by atoms with Gasteiger partial charge in [-0.25, -0.2) is 9.59 Å². The van der Waals surface area contributed by atoms with Crippen molar-refractivity contribution in [3.05, 3.63) is 62.5 Å². The summed E-state index contributed by atoms with van der Waals surface area (Å²) in [7, 11) is 1.24. The maximum Gasteiger partial charge on any atom is 0.336 e. The maximum absolute atomic E-state index is 12.5. The number of allylic oxidation sites excluding steroid dienone is 2. The van der Waals surface area contributed by atoms with E-state index in [9.17, 15) is 24.8 Å². The van der Waals surface area contributed by atoms with Gasteiger partial charge in [0, 0.05) is 23.5 Å². The molecule has 0 fully saturated rings. The smallest absolute Gasteiger partial charge is 0.336 e. The molecule has 0 saturated heterocycles. The summed E-state index contributed by atoms with van der Waals surface area (Å²) in [5, 5.41) is 24.0. The summed E-state index contributed by atoms with van der Waals surface area (Å²) in [6.45, 7) is 3.80. The predicted octanol–water partition coefficient (Wildman–Crippen LogP) is 4.04. The van der Waals surface area contributed by atoms with E-state index >= 15 is 0 Å². The van der Waals surface area contributed by atoms with Crippen LogP contribution >= 0.6 is 0 Å². The first-order chi connectivity index (χ1) is 13.8. The Balaban J connectivity index is 2.55. The SMILES string of the molecule is CCCCCCC1=C(C(=O)O)C(c2ccc([N+](=O)[O-])cc2)C(C(=O)OC)=C(C)N1. The van der Waals surface area contributed by atoms with E-state index in [0.717, 1.165) is 25.7 Å². The molecule has 0 saturated carbocycles. The Kier molecular flexibility index (Phi) is 7.52.